The van der Waals surface area contributed by atoms with Crippen molar-refractivity contribution in [2.75, 3.05) is 6.54 Å². The van der Waals surface area contributed by atoms with Gasteiger partial charge in [0, 0.05) is 30.0 Å². The zero-order valence-corrected chi connectivity index (χ0v) is 12.6. The van der Waals surface area contributed by atoms with Crippen LogP contribution in [-0.4, -0.2) is 16.1 Å². The zero-order chi connectivity index (χ0) is 14.0. The van der Waals surface area contributed by atoms with Crippen LogP contribution in [0.2, 0.25) is 0 Å². The third kappa shape index (κ3) is 2.87. The first-order valence-electron chi connectivity index (χ1n) is 6.22. The second-order valence-electron chi connectivity index (χ2n) is 4.87. The highest BCUT2D eigenvalue weighted by Crippen LogP contribution is 2.26. The Balaban J connectivity index is 2.46. The van der Waals surface area contributed by atoms with Gasteiger partial charge in [-0.15, -0.1) is 0 Å². The average Bonchev–Trinajstić information content (AvgIpc) is 2.82. The fourth-order valence-electron chi connectivity index (χ4n) is 2.16. The highest BCUT2D eigenvalue weighted by atomic mass is 79.9. The average molecular weight is 326 g/mol. The Kier molecular flexibility index (Phi) is 4.37. The Hall–Kier alpha value is -1.20. The predicted octanol–water partition coefficient (Wildman–Crippen LogP) is 3.47. The van der Waals surface area contributed by atoms with Crippen LogP contribution in [0.3, 0.4) is 0 Å². The first kappa shape index (κ1) is 14.2. The molecule has 1 aromatic heterocycles. The van der Waals surface area contributed by atoms with E-state index in [9.17, 15) is 4.39 Å². The van der Waals surface area contributed by atoms with Crippen molar-refractivity contribution in [3.63, 3.8) is 0 Å². The minimum absolute atomic E-state index is 0.203. The van der Waals surface area contributed by atoms with Gasteiger partial charge in [-0.3, -0.25) is 0 Å². The van der Waals surface area contributed by atoms with Crippen molar-refractivity contribution in [3.8, 4) is 5.69 Å². The molecule has 0 fully saturated rings. The smallest absolute Gasteiger partial charge is 0.139 e. The van der Waals surface area contributed by atoms with E-state index in [4.69, 9.17) is 5.73 Å². The molecule has 1 atom stereocenters. The van der Waals surface area contributed by atoms with Crippen molar-refractivity contribution < 1.29 is 4.39 Å². The van der Waals surface area contributed by atoms with Gasteiger partial charge in [0.25, 0.3) is 0 Å². The number of rotatable bonds is 4. The molecule has 2 aromatic rings. The second kappa shape index (κ2) is 5.84. The summed E-state index contributed by atoms with van der Waals surface area (Å²) in [4.78, 5) is 4.18. The summed E-state index contributed by atoms with van der Waals surface area (Å²) in [7, 11) is 0. The molecule has 2 N–H and O–H groups in total. The summed E-state index contributed by atoms with van der Waals surface area (Å²) in [5.41, 5.74) is 7.61. The number of halogens is 2. The van der Waals surface area contributed by atoms with E-state index in [1.54, 1.807) is 18.6 Å². The van der Waals surface area contributed by atoms with Gasteiger partial charge in [0.05, 0.1) is 10.8 Å². The van der Waals surface area contributed by atoms with Gasteiger partial charge >= 0.3 is 0 Å². The van der Waals surface area contributed by atoms with E-state index < -0.39 is 0 Å². The van der Waals surface area contributed by atoms with Gasteiger partial charge in [-0.05, 0) is 40.0 Å². The molecule has 0 saturated carbocycles. The SMILES string of the molecule is CC(C)C(CN)c1cncn1-c1ccc(Br)c(F)c1. The molecule has 1 unspecified atom stereocenters. The van der Waals surface area contributed by atoms with Crippen LogP contribution in [0, 0.1) is 11.7 Å². The standard InChI is InChI=1S/C14H17BrFN3/c1-9(2)11(6-17)14-7-18-8-19(14)10-3-4-12(15)13(16)5-10/h3-5,7-9,11H,6,17H2,1-2H3. The van der Waals surface area contributed by atoms with Gasteiger partial charge in [-0.2, -0.15) is 0 Å². The molecule has 0 saturated heterocycles. The number of nitrogens with zero attached hydrogens (tertiary/aromatic N) is 2. The molecule has 0 bridgehead atoms. The molecule has 0 spiro atoms. The Morgan fingerprint density at radius 1 is 1.42 bits per heavy atom. The monoisotopic (exact) mass is 325 g/mol. The van der Waals surface area contributed by atoms with Crippen LogP contribution in [0.5, 0.6) is 0 Å². The maximum absolute atomic E-state index is 13.6. The first-order chi connectivity index (χ1) is 9.04. The second-order valence-corrected chi connectivity index (χ2v) is 5.73. The number of aromatic nitrogens is 2. The van der Waals surface area contributed by atoms with Gasteiger partial charge in [0.15, 0.2) is 0 Å². The summed E-state index contributed by atoms with van der Waals surface area (Å²) in [6.07, 6.45) is 3.50. The molecule has 0 aliphatic rings. The van der Waals surface area contributed by atoms with Crippen molar-refractivity contribution >= 4 is 15.9 Å². The number of benzene rings is 1. The van der Waals surface area contributed by atoms with E-state index in [-0.39, 0.29) is 11.7 Å². The van der Waals surface area contributed by atoms with Crippen LogP contribution in [0.4, 0.5) is 4.39 Å². The molecule has 2 rings (SSSR count). The molecule has 5 heteroatoms. The largest absolute Gasteiger partial charge is 0.330 e. The maximum atomic E-state index is 13.6. The third-order valence-corrected chi connectivity index (χ3v) is 3.93. The number of hydrogen-bond acceptors (Lipinski definition) is 2. The minimum Gasteiger partial charge on any atom is -0.330 e. The molecule has 19 heavy (non-hydrogen) atoms. The highest BCUT2D eigenvalue weighted by Gasteiger charge is 2.19. The fourth-order valence-corrected chi connectivity index (χ4v) is 2.41. The van der Waals surface area contributed by atoms with Crippen LogP contribution >= 0.6 is 15.9 Å². The summed E-state index contributed by atoms with van der Waals surface area (Å²) in [6, 6.07) is 5.04. The molecule has 0 aliphatic carbocycles. The predicted molar refractivity (Wildman–Crippen MR) is 77.9 cm³/mol. The van der Waals surface area contributed by atoms with E-state index in [0.29, 0.717) is 16.9 Å². The van der Waals surface area contributed by atoms with E-state index in [1.165, 1.54) is 6.07 Å². The van der Waals surface area contributed by atoms with Gasteiger partial charge in [-0.1, -0.05) is 13.8 Å². The Morgan fingerprint density at radius 2 is 2.16 bits per heavy atom. The number of imidazole rings is 1. The lowest BCUT2D eigenvalue weighted by Crippen LogP contribution is -2.20. The lowest BCUT2D eigenvalue weighted by molar-refractivity contribution is 0.489. The maximum Gasteiger partial charge on any atom is 0.139 e. The van der Waals surface area contributed by atoms with Gasteiger partial charge in [0.2, 0.25) is 0 Å². The van der Waals surface area contributed by atoms with Crippen molar-refractivity contribution in [1.82, 2.24) is 9.55 Å². The molecule has 1 aromatic carbocycles. The van der Waals surface area contributed by atoms with E-state index in [1.807, 2.05) is 10.6 Å². The van der Waals surface area contributed by atoms with E-state index in [2.05, 4.69) is 34.8 Å². The summed E-state index contributed by atoms with van der Waals surface area (Å²) in [6.45, 7) is 4.79. The molecule has 0 aliphatic heterocycles. The van der Waals surface area contributed by atoms with Crippen LogP contribution in [0.1, 0.15) is 25.5 Å². The number of hydrogen-bond donors (Lipinski definition) is 1. The Bertz CT molecular complexity index is 566. The summed E-state index contributed by atoms with van der Waals surface area (Å²) < 4.78 is 16.0. The molecule has 1 heterocycles. The van der Waals surface area contributed by atoms with Crippen LogP contribution in [-0.2, 0) is 0 Å². The van der Waals surface area contributed by atoms with E-state index in [0.717, 1.165) is 11.4 Å². The summed E-state index contributed by atoms with van der Waals surface area (Å²) in [5.74, 6) is 0.320. The molecule has 0 radical (unpaired) electrons. The van der Waals surface area contributed by atoms with Crippen molar-refractivity contribution in [2.24, 2.45) is 11.7 Å². The molecular weight excluding hydrogens is 309 g/mol. The Labute approximate surface area is 120 Å². The van der Waals surface area contributed by atoms with Gasteiger partial charge in [0.1, 0.15) is 5.82 Å². The minimum atomic E-state index is -0.286. The van der Waals surface area contributed by atoms with Crippen molar-refractivity contribution in [2.45, 2.75) is 19.8 Å². The quantitative estimate of drug-likeness (QED) is 0.935. The topological polar surface area (TPSA) is 43.8 Å². The van der Waals surface area contributed by atoms with Crippen LogP contribution < -0.4 is 5.73 Å². The van der Waals surface area contributed by atoms with Crippen molar-refractivity contribution in [1.29, 1.82) is 0 Å². The summed E-state index contributed by atoms with van der Waals surface area (Å²) >= 11 is 3.16. The zero-order valence-electron chi connectivity index (χ0n) is 11.0. The van der Waals surface area contributed by atoms with Crippen LogP contribution in [0.25, 0.3) is 5.69 Å². The molecule has 102 valence electrons. The van der Waals surface area contributed by atoms with Gasteiger partial charge in [-0.25, -0.2) is 9.37 Å². The number of nitrogens with two attached hydrogens (primary N) is 1. The lowest BCUT2D eigenvalue weighted by Gasteiger charge is -2.20. The Morgan fingerprint density at radius 3 is 2.74 bits per heavy atom. The highest BCUT2D eigenvalue weighted by molar-refractivity contribution is 9.10. The molecule has 3 nitrogen and oxygen atoms in total. The van der Waals surface area contributed by atoms with Crippen molar-refractivity contribution in [3.05, 3.63) is 46.7 Å². The normalized spacial score (nSPS) is 12.9. The summed E-state index contributed by atoms with van der Waals surface area (Å²) in [5, 5.41) is 0. The molecular formula is C14H17BrFN3. The molecule has 0 amide bonds. The van der Waals surface area contributed by atoms with Gasteiger partial charge < -0.3 is 10.3 Å². The van der Waals surface area contributed by atoms with E-state index >= 15 is 0 Å². The lowest BCUT2D eigenvalue weighted by atomic mass is 9.93. The first-order valence-corrected chi connectivity index (χ1v) is 7.01. The fraction of sp³-hybridized carbons (Fsp3) is 0.357. The third-order valence-electron chi connectivity index (χ3n) is 3.29. The van der Waals surface area contributed by atoms with Crippen LogP contribution in [0.15, 0.2) is 35.2 Å².